The molecule has 2 heterocycles. The minimum atomic E-state index is -1.24. The molecule has 1 saturated heterocycles. The van der Waals surface area contributed by atoms with E-state index >= 15 is 0 Å². The van der Waals surface area contributed by atoms with Crippen molar-refractivity contribution in [3.63, 3.8) is 0 Å². The largest absolute Gasteiger partial charge is 0.480 e. The van der Waals surface area contributed by atoms with E-state index in [9.17, 15) is 14.7 Å². The normalized spacial score (nSPS) is 17.2. The fourth-order valence-electron chi connectivity index (χ4n) is 2.15. The molecule has 0 atom stereocenters. The van der Waals surface area contributed by atoms with Crippen LogP contribution < -0.4 is 5.32 Å². The second-order valence-electron chi connectivity index (χ2n) is 4.99. The number of carboxylic acids is 1. The van der Waals surface area contributed by atoms with Gasteiger partial charge in [-0.3, -0.25) is 0 Å². The monoisotopic (exact) mass is 332 g/mol. The second-order valence-corrected chi connectivity index (χ2v) is 6.79. The Morgan fingerprint density at radius 1 is 1.48 bits per heavy atom. The van der Waals surface area contributed by atoms with Gasteiger partial charge in [-0.05, 0) is 12.1 Å². The molecule has 0 unspecified atom stereocenters. The van der Waals surface area contributed by atoms with E-state index in [2.05, 4.69) is 5.32 Å². The quantitative estimate of drug-likeness (QED) is 0.885. The first-order valence-corrected chi connectivity index (χ1v) is 7.71. The van der Waals surface area contributed by atoms with Gasteiger partial charge in [0.1, 0.15) is 5.54 Å². The van der Waals surface area contributed by atoms with E-state index in [-0.39, 0.29) is 12.8 Å². The summed E-state index contributed by atoms with van der Waals surface area (Å²) in [4.78, 5) is 26.1. The Morgan fingerprint density at radius 3 is 2.67 bits per heavy atom. The summed E-state index contributed by atoms with van der Waals surface area (Å²) in [6.45, 7) is 1.04. The molecule has 8 heteroatoms. The minimum Gasteiger partial charge on any atom is -0.480 e. The van der Waals surface area contributed by atoms with Crippen molar-refractivity contribution >= 4 is 34.9 Å². The Balaban J connectivity index is 1.99. The van der Waals surface area contributed by atoms with Crippen LogP contribution in [0.25, 0.3) is 0 Å². The number of thiophene rings is 1. The van der Waals surface area contributed by atoms with Crippen LogP contribution in [0.4, 0.5) is 4.79 Å². The van der Waals surface area contributed by atoms with Crippen LogP contribution in [-0.2, 0) is 16.1 Å². The van der Waals surface area contributed by atoms with E-state index in [4.69, 9.17) is 16.3 Å². The van der Waals surface area contributed by atoms with Gasteiger partial charge in [0.05, 0.1) is 10.9 Å². The molecule has 2 amide bonds. The number of ether oxygens (including phenoxy) is 1. The third-order valence-electron chi connectivity index (χ3n) is 3.47. The molecule has 1 aliphatic rings. The number of amides is 2. The molecular weight excluding hydrogens is 316 g/mol. The third kappa shape index (κ3) is 3.87. The molecule has 0 aromatic carbocycles. The molecule has 2 N–H and O–H groups in total. The summed E-state index contributed by atoms with van der Waals surface area (Å²) in [5.74, 6) is -1.02. The zero-order chi connectivity index (χ0) is 15.5. The molecule has 2 rings (SSSR count). The van der Waals surface area contributed by atoms with Crippen LogP contribution in [0, 0.1) is 0 Å². The van der Waals surface area contributed by atoms with E-state index in [1.54, 1.807) is 13.1 Å². The van der Waals surface area contributed by atoms with Crippen molar-refractivity contribution in [2.45, 2.75) is 24.9 Å². The average Bonchev–Trinajstić information content (AvgIpc) is 2.85. The van der Waals surface area contributed by atoms with E-state index in [0.717, 1.165) is 4.88 Å². The summed E-state index contributed by atoms with van der Waals surface area (Å²) in [7, 11) is 1.62. The SMILES string of the molecule is CN(Cc1ccc(Cl)s1)C(=O)NC1(C(=O)O)CCOCC1. The summed E-state index contributed by atoms with van der Waals surface area (Å²) in [5, 5.41) is 12.0. The van der Waals surface area contributed by atoms with Gasteiger partial charge in [0.15, 0.2) is 0 Å². The predicted molar refractivity (Wildman–Crippen MR) is 79.7 cm³/mol. The van der Waals surface area contributed by atoms with Gasteiger partial charge in [0.2, 0.25) is 0 Å². The number of carboxylic acid groups (broad SMARTS) is 1. The molecule has 0 bridgehead atoms. The first-order chi connectivity index (χ1) is 9.93. The van der Waals surface area contributed by atoms with Gasteiger partial charge >= 0.3 is 12.0 Å². The third-order valence-corrected chi connectivity index (χ3v) is 4.69. The van der Waals surface area contributed by atoms with Crippen molar-refractivity contribution in [3.8, 4) is 0 Å². The topological polar surface area (TPSA) is 78.9 Å². The predicted octanol–water partition coefficient (Wildman–Crippen LogP) is 2.18. The zero-order valence-electron chi connectivity index (χ0n) is 11.6. The molecule has 116 valence electrons. The first-order valence-electron chi connectivity index (χ1n) is 6.51. The van der Waals surface area contributed by atoms with Gasteiger partial charge in [-0.25, -0.2) is 9.59 Å². The Labute approximate surface area is 131 Å². The number of nitrogens with one attached hydrogen (secondary N) is 1. The fourth-order valence-corrected chi connectivity index (χ4v) is 3.30. The Kier molecular flexibility index (Phi) is 5.08. The highest BCUT2D eigenvalue weighted by Gasteiger charge is 2.42. The lowest BCUT2D eigenvalue weighted by Crippen LogP contribution is -2.59. The average molecular weight is 333 g/mol. The molecular formula is C13H17ClN2O4S. The van der Waals surface area contributed by atoms with Crippen LogP contribution in [0.5, 0.6) is 0 Å². The van der Waals surface area contributed by atoms with Gasteiger partial charge in [0.25, 0.3) is 0 Å². The molecule has 21 heavy (non-hydrogen) atoms. The molecule has 0 radical (unpaired) electrons. The summed E-state index contributed by atoms with van der Waals surface area (Å²) in [5.41, 5.74) is -1.24. The molecule has 6 nitrogen and oxygen atoms in total. The number of carbonyl (C=O) groups is 2. The number of urea groups is 1. The first kappa shape index (κ1) is 16.1. The van der Waals surface area contributed by atoms with Crippen molar-refractivity contribution in [1.29, 1.82) is 0 Å². The number of aliphatic carboxylic acids is 1. The van der Waals surface area contributed by atoms with Crippen LogP contribution in [0.3, 0.4) is 0 Å². The number of hydrogen-bond acceptors (Lipinski definition) is 4. The van der Waals surface area contributed by atoms with E-state index in [1.807, 2.05) is 6.07 Å². The van der Waals surface area contributed by atoms with Gasteiger partial charge in [0, 0.05) is 38.0 Å². The Bertz CT molecular complexity index is 528. The number of hydrogen-bond donors (Lipinski definition) is 2. The van der Waals surface area contributed by atoms with Gasteiger partial charge < -0.3 is 20.1 Å². The molecule has 1 aliphatic heterocycles. The van der Waals surface area contributed by atoms with Crippen molar-refractivity contribution in [3.05, 3.63) is 21.3 Å². The molecule has 0 aliphatic carbocycles. The lowest BCUT2D eigenvalue weighted by atomic mass is 9.90. The maximum atomic E-state index is 12.2. The number of carbonyl (C=O) groups excluding carboxylic acids is 1. The van der Waals surface area contributed by atoms with Crippen LogP contribution in [0.2, 0.25) is 4.34 Å². The number of halogens is 1. The molecule has 1 fully saturated rings. The standard InChI is InChI=1S/C13H17ClN2O4S/c1-16(8-9-2-3-10(14)21-9)12(19)15-13(11(17)18)4-6-20-7-5-13/h2-3H,4-8H2,1H3,(H,15,19)(H,17,18). The molecule has 1 aromatic heterocycles. The molecule has 0 saturated carbocycles. The van der Waals surface area contributed by atoms with Crippen molar-refractivity contribution in [2.75, 3.05) is 20.3 Å². The zero-order valence-corrected chi connectivity index (χ0v) is 13.2. The second kappa shape index (κ2) is 6.64. The Hall–Kier alpha value is -1.31. The lowest BCUT2D eigenvalue weighted by molar-refractivity contribution is -0.148. The smallest absolute Gasteiger partial charge is 0.329 e. The maximum absolute atomic E-state index is 12.2. The van der Waals surface area contributed by atoms with Crippen LogP contribution in [-0.4, -0.2) is 47.8 Å². The minimum absolute atomic E-state index is 0.271. The van der Waals surface area contributed by atoms with E-state index < -0.39 is 17.5 Å². The highest BCUT2D eigenvalue weighted by Crippen LogP contribution is 2.24. The lowest BCUT2D eigenvalue weighted by Gasteiger charge is -2.35. The molecule has 0 spiro atoms. The highest BCUT2D eigenvalue weighted by atomic mass is 35.5. The van der Waals surface area contributed by atoms with Gasteiger partial charge in [-0.15, -0.1) is 11.3 Å². The number of nitrogens with zero attached hydrogens (tertiary/aromatic N) is 1. The van der Waals surface area contributed by atoms with Crippen molar-refractivity contribution in [1.82, 2.24) is 10.2 Å². The summed E-state index contributed by atoms with van der Waals surface area (Å²) in [6, 6.07) is 3.20. The number of rotatable bonds is 4. The van der Waals surface area contributed by atoms with Crippen LogP contribution in [0.15, 0.2) is 12.1 Å². The summed E-state index contributed by atoms with van der Waals surface area (Å²) < 4.78 is 5.83. The summed E-state index contributed by atoms with van der Waals surface area (Å²) in [6.07, 6.45) is 0.541. The van der Waals surface area contributed by atoms with Crippen LogP contribution in [0.1, 0.15) is 17.7 Å². The van der Waals surface area contributed by atoms with Crippen molar-refractivity contribution in [2.24, 2.45) is 0 Å². The summed E-state index contributed by atoms with van der Waals surface area (Å²) >= 11 is 7.24. The maximum Gasteiger partial charge on any atom is 0.329 e. The van der Waals surface area contributed by atoms with Crippen LogP contribution >= 0.6 is 22.9 Å². The highest BCUT2D eigenvalue weighted by molar-refractivity contribution is 7.16. The van der Waals surface area contributed by atoms with E-state index in [1.165, 1.54) is 16.2 Å². The van der Waals surface area contributed by atoms with E-state index in [0.29, 0.717) is 24.1 Å². The van der Waals surface area contributed by atoms with Gasteiger partial charge in [-0.2, -0.15) is 0 Å². The Morgan fingerprint density at radius 2 is 2.14 bits per heavy atom. The fraction of sp³-hybridized carbons (Fsp3) is 0.538. The van der Waals surface area contributed by atoms with Crippen molar-refractivity contribution < 1.29 is 19.4 Å². The van der Waals surface area contributed by atoms with Gasteiger partial charge in [-0.1, -0.05) is 11.6 Å². The molecule has 1 aromatic rings.